The summed E-state index contributed by atoms with van der Waals surface area (Å²) in [6.07, 6.45) is 0. The van der Waals surface area contributed by atoms with Crippen molar-refractivity contribution in [3.63, 3.8) is 0 Å². The number of halogens is 1. The van der Waals surface area contributed by atoms with Crippen molar-refractivity contribution in [3.8, 4) is 0 Å². The first kappa shape index (κ1) is 15.1. The van der Waals surface area contributed by atoms with E-state index in [1.165, 1.54) is 0 Å². The number of nitrogens with two attached hydrogens (primary N) is 1. The molecular formula is C13H20BrN3O. The molecule has 0 aliphatic rings. The van der Waals surface area contributed by atoms with Gasteiger partial charge in [0.1, 0.15) is 5.54 Å². The average molecular weight is 314 g/mol. The Balaban J connectivity index is 2.73. The van der Waals surface area contributed by atoms with Crippen LogP contribution in [0.5, 0.6) is 0 Å². The maximum Gasteiger partial charge on any atom is 0.244 e. The Kier molecular flexibility index (Phi) is 5.31. The fourth-order valence-corrected chi connectivity index (χ4v) is 1.72. The van der Waals surface area contributed by atoms with E-state index in [0.717, 1.165) is 10.0 Å². The van der Waals surface area contributed by atoms with Gasteiger partial charge in [0.2, 0.25) is 5.91 Å². The van der Waals surface area contributed by atoms with Gasteiger partial charge < -0.3 is 16.4 Å². The van der Waals surface area contributed by atoms with Crippen LogP contribution in [0.25, 0.3) is 0 Å². The Hall–Kier alpha value is -0.910. The third-order valence-electron chi connectivity index (χ3n) is 2.98. The normalized spacial score (nSPS) is 15.8. The number of carbonyl (C=O) groups excluding carboxylic acids is 1. The van der Waals surface area contributed by atoms with Crippen LogP contribution in [0.2, 0.25) is 0 Å². The molecule has 0 spiro atoms. The van der Waals surface area contributed by atoms with Crippen LogP contribution in [-0.4, -0.2) is 25.5 Å². The molecule has 2 unspecified atom stereocenters. The highest BCUT2D eigenvalue weighted by Gasteiger charge is 2.30. The lowest BCUT2D eigenvalue weighted by Crippen LogP contribution is -2.51. The molecule has 0 aromatic heterocycles. The molecule has 1 amide bonds. The van der Waals surface area contributed by atoms with Crippen LogP contribution < -0.4 is 16.4 Å². The molecule has 0 aliphatic heterocycles. The lowest BCUT2D eigenvalue weighted by molar-refractivity contribution is -0.126. The number of carbonyl (C=O) groups is 1. The molecule has 0 heterocycles. The van der Waals surface area contributed by atoms with Crippen LogP contribution in [0.1, 0.15) is 19.4 Å². The van der Waals surface area contributed by atoms with Crippen molar-refractivity contribution in [3.05, 3.63) is 34.3 Å². The molecule has 0 fully saturated rings. The molecule has 0 saturated carbocycles. The Morgan fingerprint density at radius 1 is 1.44 bits per heavy atom. The first-order valence-corrected chi connectivity index (χ1v) is 6.67. The lowest BCUT2D eigenvalue weighted by Gasteiger charge is -2.25. The molecule has 0 saturated heterocycles. The Bertz CT molecular complexity index is 403. The Morgan fingerprint density at radius 3 is 2.50 bits per heavy atom. The summed E-state index contributed by atoms with van der Waals surface area (Å²) in [4.78, 5) is 12.1. The average Bonchev–Trinajstić information content (AvgIpc) is 2.35. The van der Waals surface area contributed by atoms with Gasteiger partial charge in [-0.3, -0.25) is 4.79 Å². The number of benzene rings is 1. The number of amides is 1. The van der Waals surface area contributed by atoms with Gasteiger partial charge in [-0.05, 0) is 38.6 Å². The summed E-state index contributed by atoms with van der Waals surface area (Å²) in [6.45, 7) is 4.27. The lowest BCUT2D eigenvalue weighted by atomic mass is 9.92. The number of hydrogen-bond donors (Lipinski definition) is 3. The SMILES string of the molecule is CNC(C)CNC(=O)C(C)(N)c1ccc(Br)cc1. The predicted molar refractivity (Wildman–Crippen MR) is 77.2 cm³/mol. The van der Waals surface area contributed by atoms with E-state index in [9.17, 15) is 4.79 Å². The predicted octanol–water partition coefficient (Wildman–Crippen LogP) is 1.35. The second kappa shape index (κ2) is 6.31. The van der Waals surface area contributed by atoms with Crippen LogP contribution in [0, 0.1) is 0 Å². The maximum atomic E-state index is 12.1. The summed E-state index contributed by atoms with van der Waals surface area (Å²) in [5.74, 6) is -0.174. The van der Waals surface area contributed by atoms with Gasteiger partial charge in [-0.25, -0.2) is 0 Å². The summed E-state index contributed by atoms with van der Waals surface area (Å²) in [5, 5.41) is 5.91. The Labute approximate surface area is 116 Å². The van der Waals surface area contributed by atoms with Crippen LogP contribution in [0.3, 0.4) is 0 Å². The van der Waals surface area contributed by atoms with Gasteiger partial charge in [0.25, 0.3) is 0 Å². The van der Waals surface area contributed by atoms with E-state index in [0.29, 0.717) is 6.54 Å². The van der Waals surface area contributed by atoms with Gasteiger partial charge in [-0.15, -0.1) is 0 Å². The third-order valence-corrected chi connectivity index (χ3v) is 3.51. The minimum atomic E-state index is -1.02. The molecule has 1 aromatic carbocycles. The van der Waals surface area contributed by atoms with Crippen molar-refractivity contribution in [1.29, 1.82) is 0 Å². The maximum absolute atomic E-state index is 12.1. The first-order valence-electron chi connectivity index (χ1n) is 5.88. The largest absolute Gasteiger partial charge is 0.353 e. The van der Waals surface area contributed by atoms with E-state index in [1.54, 1.807) is 6.92 Å². The monoisotopic (exact) mass is 313 g/mol. The number of likely N-dealkylation sites (N-methyl/N-ethyl adjacent to an activating group) is 1. The fraction of sp³-hybridized carbons (Fsp3) is 0.462. The Morgan fingerprint density at radius 2 is 2.00 bits per heavy atom. The van der Waals surface area contributed by atoms with E-state index in [2.05, 4.69) is 26.6 Å². The standard InChI is InChI=1S/C13H20BrN3O/c1-9(16-3)8-17-12(18)13(2,15)10-4-6-11(14)7-5-10/h4-7,9,16H,8,15H2,1-3H3,(H,17,18). The van der Waals surface area contributed by atoms with Crippen molar-refractivity contribution in [2.45, 2.75) is 25.4 Å². The molecule has 2 atom stereocenters. The van der Waals surface area contributed by atoms with Crippen LogP contribution in [0.15, 0.2) is 28.7 Å². The minimum absolute atomic E-state index is 0.174. The van der Waals surface area contributed by atoms with E-state index >= 15 is 0 Å². The molecule has 1 rings (SSSR count). The van der Waals surface area contributed by atoms with Crippen molar-refractivity contribution in [2.24, 2.45) is 5.73 Å². The van der Waals surface area contributed by atoms with Crippen molar-refractivity contribution in [1.82, 2.24) is 10.6 Å². The number of hydrogen-bond acceptors (Lipinski definition) is 3. The van der Waals surface area contributed by atoms with Gasteiger partial charge in [0.15, 0.2) is 0 Å². The molecule has 4 N–H and O–H groups in total. The second-order valence-corrected chi connectivity index (χ2v) is 5.52. The van der Waals surface area contributed by atoms with E-state index in [1.807, 2.05) is 38.2 Å². The van der Waals surface area contributed by atoms with E-state index < -0.39 is 5.54 Å². The molecule has 0 radical (unpaired) electrons. The van der Waals surface area contributed by atoms with Gasteiger partial charge in [-0.1, -0.05) is 28.1 Å². The highest BCUT2D eigenvalue weighted by molar-refractivity contribution is 9.10. The zero-order valence-corrected chi connectivity index (χ0v) is 12.5. The third kappa shape index (κ3) is 3.80. The fourth-order valence-electron chi connectivity index (χ4n) is 1.46. The summed E-state index contributed by atoms with van der Waals surface area (Å²) in [7, 11) is 1.85. The molecule has 18 heavy (non-hydrogen) atoms. The van der Waals surface area contributed by atoms with Crippen molar-refractivity contribution < 1.29 is 4.79 Å². The van der Waals surface area contributed by atoms with Crippen LogP contribution in [-0.2, 0) is 10.3 Å². The van der Waals surface area contributed by atoms with Crippen LogP contribution in [0.4, 0.5) is 0 Å². The quantitative estimate of drug-likeness (QED) is 0.768. The summed E-state index contributed by atoms with van der Waals surface area (Å²) < 4.78 is 0.964. The van der Waals surface area contributed by atoms with Gasteiger partial charge in [0, 0.05) is 17.1 Å². The van der Waals surface area contributed by atoms with E-state index in [4.69, 9.17) is 5.73 Å². The highest BCUT2D eigenvalue weighted by atomic mass is 79.9. The first-order chi connectivity index (χ1) is 8.37. The molecule has 0 aliphatic carbocycles. The summed E-state index contributed by atoms with van der Waals surface area (Å²) in [6, 6.07) is 7.68. The molecule has 100 valence electrons. The summed E-state index contributed by atoms with van der Waals surface area (Å²) >= 11 is 3.36. The zero-order chi connectivity index (χ0) is 13.8. The highest BCUT2D eigenvalue weighted by Crippen LogP contribution is 2.20. The van der Waals surface area contributed by atoms with Crippen molar-refractivity contribution in [2.75, 3.05) is 13.6 Å². The van der Waals surface area contributed by atoms with Gasteiger partial charge in [0.05, 0.1) is 0 Å². The minimum Gasteiger partial charge on any atom is -0.353 e. The topological polar surface area (TPSA) is 67.1 Å². The van der Waals surface area contributed by atoms with Crippen molar-refractivity contribution >= 4 is 21.8 Å². The smallest absolute Gasteiger partial charge is 0.244 e. The number of rotatable bonds is 5. The van der Waals surface area contributed by atoms with Crippen LogP contribution >= 0.6 is 15.9 Å². The number of nitrogens with one attached hydrogen (secondary N) is 2. The van der Waals surface area contributed by atoms with E-state index in [-0.39, 0.29) is 11.9 Å². The zero-order valence-electron chi connectivity index (χ0n) is 11.0. The molecule has 0 bridgehead atoms. The molecule has 1 aromatic rings. The molecule has 5 heteroatoms. The molecule has 4 nitrogen and oxygen atoms in total. The summed E-state index contributed by atoms with van der Waals surface area (Å²) in [5.41, 5.74) is 5.88. The second-order valence-electron chi connectivity index (χ2n) is 4.61. The van der Waals surface area contributed by atoms with Gasteiger partial charge >= 0.3 is 0 Å². The molecular weight excluding hydrogens is 294 g/mol. The van der Waals surface area contributed by atoms with Gasteiger partial charge in [-0.2, -0.15) is 0 Å².